The summed E-state index contributed by atoms with van der Waals surface area (Å²) in [7, 11) is 0. The molecule has 1 aliphatic rings. The van der Waals surface area contributed by atoms with Gasteiger partial charge in [-0.05, 0) is 31.9 Å². The van der Waals surface area contributed by atoms with Crippen LogP contribution in [0.1, 0.15) is 31.6 Å². The summed E-state index contributed by atoms with van der Waals surface area (Å²) in [5, 5.41) is 3.58. The molecule has 1 unspecified atom stereocenters. The van der Waals surface area contributed by atoms with Crippen LogP contribution in [0, 0.1) is 0 Å². The van der Waals surface area contributed by atoms with E-state index < -0.39 is 0 Å². The molecule has 106 valence electrons. The first-order valence-corrected chi connectivity index (χ1v) is 7.54. The molecule has 20 heavy (non-hydrogen) atoms. The molecular weight excluding hydrogens is 297 g/mol. The van der Waals surface area contributed by atoms with Crippen molar-refractivity contribution in [3.05, 3.63) is 29.0 Å². The molecular formula is C14H15Cl2N3O. The predicted molar refractivity (Wildman–Crippen MR) is 80.2 cm³/mol. The van der Waals surface area contributed by atoms with Crippen LogP contribution in [0.3, 0.4) is 0 Å². The van der Waals surface area contributed by atoms with Crippen molar-refractivity contribution >= 4 is 40.1 Å². The zero-order chi connectivity index (χ0) is 14.3. The number of nitrogens with one attached hydrogen (secondary N) is 1. The number of rotatable bonds is 4. The van der Waals surface area contributed by atoms with Crippen LogP contribution in [0.5, 0.6) is 0 Å². The van der Waals surface area contributed by atoms with E-state index >= 15 is 0 Å². The highest BCUT2D eigenvalue weighted by molar-refractivity contribution is 6.35. The van der Waals surface area contributed by atoms with Crippen LogP contribution in [-0.4, -0.2) is 21.5 Å². The normalized spacial score (nSPS) is 16.4. The fourth-order valence-electron chi connectivity index (χ4n) is 2.33. The molecule has 1 heterocycles. The average Bonchev–Trinajstić information content (AvgIpc) is 3.15. The Morgan fingerprint density at radius 1 is 1.55 bits per heavy atom. The van der Waals surface area contributed by atoms with E-state index in [1.165, 1.54) is 0 Å². The number of carbonyl (C=O) groups is 1. The lowest BCUT2D eigenvalue weighted by Crippen LogP contribution is -2.33. The van der Waals surface area contributed by atoms with Crippen LogP contribution in [-0.2, 0) is 10.7 Å². The second-order valence-corrected chi connectivity index (χ2v) is 5.77. The number of halogens is 2. The summed E-state index contributed by atoms with van der Waals surface area (Å²) in [6, 6.07) is 5.46. The van der Waals surface area contributed by atoms with Crippen molar-refractivity contribution in [1.29, 1.82) is 0 Å². The summed E-state index contributed by atoms with van der Waals surface area (Å²) in [6.07, 6.45) is 2.12. The van der Waals surface area contributed by atoms with E-state index in [2.05, 4.69) is 10.3 Å². The Kier molecular flexibility index (Phi) is 3.61. The Morgan fingerprint density at radius 3 is 2.95 bits per heavy atom. The summed E-state index contributed by atoms with van der Waals surface area (Å²) in [5.74, 6) is 0.887. The maximum absolute atomic E-state index is 12.3. The van der Waals surface area contributed by atoms with E-state index in [9.17, 15) is 4.79 Å². The standard InChI is InChI=1S/C14H15Cl2N3O/c1-8(14(20)17-9-5-6-9)19-12(7-15)18-11-4-2-3-10(16)13(11)19/h2-4,8-9H,5-7H2,1H3,(H,17,20). The highest BCUT2D eigenvalue weighted by atomic mass is 35.5. The smallest absolute Gasteiger partial charge is 0.243 e. The highest BCUT2D eigenvalue weighted by Crippen LogP contribution is 2.29. The predicted octanol–water partition coefficient (Wildman–Crippen LogP) is 3.27. The molecule has 6 heteroatoms. The molecule has 1 amide bonds. The van der Waals surface area contributed by atoms with Gasteiger partial charge in [0.1, 0.15) is 11.9 Å². The van der Waals surface area contributed by atoms with Gasteiger partial charge >= 0.3 is 0 Å². The second kappa shape index (κ2) is 5.26. The fourth-order valence-corrected chi connectivity index (χ4v) is 2.78. The van der Waals surface area contributed by atoms with Gasteiger partial charge in [-0.1, -0.05) is 17.7 Å². The summed E-state index contributed by atoms with van der Waals surface area (Å²) in [6.45, 7) is 1.85. The second-order valence-electron chi connectivity index (χ2n) is 5.10. The van der Waals surface area contributed by atoms with Gasteiger partial charge in [0.2, 0.25) is 5.91 Å². The maximum atomic E-state index is 12.3. The molecule has 0 spiro atoms. The van der Waals surface area contributed by atoms with Crippen LogP contribution in [0.15, 0.2) is 18.2 Å². The van der Waals surface area contributed by atoms with Crippen LogP contribution in [0.4, 0.5) is 0 Å². The third-order valence-corrected chi connectivity index (χ3v) is 4.09. The molecule has 3 rings (SSSR count). The van der Waals surface area contributed by atoms with E-state index in [0.29, 0.717) is 16.9 Å². The topological polar surface area (TPSA) is 46.9 Å². The molecule has 1 saturated carbocycles. The van der Waals surface area contributed by atoms with E-state index in [1.807, 2.05) is 23.6 Å². The molecule has 1 N–H and O–H groups in total. The Bertz CT molecular complexity index is 664. The van der Waals surface area contributed by atoms with Crippen LogP contribution >= 0.6 is 23.2 Å². The Balaban J connectivity index is 2.05. The van der Waals surface area contributed by atoms with Crippen molar-refractivity contribution in [2.75, 3.05) is 0 Å². The lowest BCUT2D eigenvalue weighted by Gasteiger charge is -2.17. The Morgan fingerprint density at radius 2 is 2.30 bits per heavy atom. The third kappa shape index (κ3) is 2.38. The quantitative estimate of drug-likeness (QED) is 0.881. The zero-order valence-electron chi connectivity index (χ0n) is 11.1. The van der Waals surface area contributed by atoms with Crippen molar-refractivity contribution in [2.45, 2.75) is 37.7 Å². The molecule has 1 aliphatic carbocycles. The van der Waals surface area contributed by atoms with Crippen LogP contribution < -0.4 is 5.32 Å². The van der Waals surface area contributed by atoms with E-state index in [-0.39, 0.29) is 17.8 Å². The van der Waals surface area contributed by atoms with Gasteiger partial charge in [-0.2, -0.15) is 0 Å². The molecule has 0 bridgehead atoms. The van der Waals surface area contributed by atoms with Crippen molar-refractivity contribution in [1.82, 2.24) is 14.9 Å². The molecule has 1 atom stereocenters. The van der Waals surface area contributed by atoms with Crippen molar-refractivity contribution in [3.8, 4) is 0 Å². The molecule has 1 aromatic heterocycles. The Labute approximate surface area is 127 Å². The minimum Gasteiger partial charge on any atom is -0.352 e. The molecule has 0 radical (unpaired) electrons. The number of para-hydroxylation sites is 1. The number of carbonyl (C=O) groups excluding carboxylic acids is 1. The minimum atomic E-state index is -0.380. The zero-order valence-corrected chi connectivity index (χ0v) is 12.6. The van der Waals surface area contributed by atoms with Gasteiger partial charge in [0, 0.05) is 6.04 Å². The first kappa shape index (κ1) is 13.7. The van der Waals surface area contributed by atoms with Crippen molar-refractivity contribution in [3.63, 3.8) is 0 Å². The number of nitrogens with zero attached hydrogens (tertiary/aromatic N) is 2. The molecule has 0 aliphatic heterocycles. The molecule has 0 saturated heterocycles. The molecule has 1 aromatic carbocycles. The summed E-state index contributed by atoms with van der Waals surface area (Å²) < 4.78 is 1.84. The molecule has 4 nitrogen and oxygen atoms in total. The summed E-state index contributed by atoms with van der Waals surface area (Å²) in [5.41, 5.74) is 1.53. The van der Waals surface area contributed by atoms with Crippen LogP contribution in [0.2, 0.25) is 5.02 Å². The van der Waals surface area contributed by atoms with Gasteiger partial charge in [0.25, 0.3) is 0 Å². The van der Waals surface area contributed by atoms with Gasteiger partial charge in [-0.3, -0.25) is 4.79 Å². The molecule has 2 aromatic rings. The fraction of sp³-hybridized carbons (Fsp3) is 0.429. The highest BCUT2D eigenvalue weighted by Gasteiger charge is 2.28. The number of hydrogen-bond acceptors (Lipinski definition) is 2. The largest absolute Gasteiger partial charge is 0.352 e. The first-order chi connectivity index (χ1) is 9.61. The van der Waals surface area contributed by atoms with Gasteiger partial charge < -0.3 is 9.88 Å². The number of fused-ring (bicyclic) bond motifs is 1. The van der Waals surface area contributed by atoms with Gasteiger partial charge in [-0.25, -0.2) is 4.98 Å². The third-order valence-electron chi connectivity index (χ3n) is 3.54. The SMILES string of the molecule is CC(C(=O)NC1CC1)n1c(CCl)nc2cccc(Cl)c21. The Hall–Kier alpha value is -1.26. The summed E-state index contributed by atoms with van der Waals surface area (Å²) in [4.78, 5) is 16.7. The lowest BCUT2D eigenvalue weighted by molar-refractivity contribution is -0.123. The minimum absolute atomic E-state index is 0.0157. The van der Waals surface area contributed by atoms with Crippen LogP contribution in [0.25, 0.3) is 11.0 Å². The van der Waals surface area contributed by atoms with E-state index in [1.54, 1.807) is 6.07 Å². The van der Waals surface area contributed by atoms with Crippen molar-refractivity contribution in [2.24, 2.45) is 0 Å². The maximum Gasteiger partial charge on any atom is 0.243 e. The number of imidazole rings is 1. The first-order valence-electron chi connectivity index (χ1n) is 6.63. The monoisotopic (exact) mass is 311 g/mol. The summed E-state index contributed by atoms with van der Waals surface area (Å²) >= 11 is 12.2. The van der Waals surface area contributed by atoms with Crippen molar-refractivity contribution < 1.29 is 4.79 Å². The van der Waals surface area contributed by atoms with Gasteiger partial charge in [0.05, 0.1) is 21.9 Å². The van der Waals surface area contributed by atoms with Gasteiger partial charge in [-0.15, -0.1) is 11.6 Å². The average molecular weight is 312 g/mol. The lowest BCUT2D eigenvalue weighted by atomic mass is 10.2. The number of hydrogen-bond donors (Lipinski definition) is 1. The number of alkyl halides is 1. The number of amides is 1. The van der Waals surface area contributed by atoms with Gasteiger partial charge in [0.15, 0.2) is 0 Å². The van der Waals surface area contributed by atoms with E-state index in [4.69, 9.17) is 23.2 Å². The molecule has 1 fully saturated rings. The number of aromatic nitrogens is 2. The number of benzene rings is 1. The van der Waals surface area contributed by atoms with E-state index in [0.717, 1.165) is 23.9 Å².